The van der Waals surface area contributed by atoms with Gasteiger partial charge < -0.3 is 5.32 Å². The van der Waals surface area contributed by atoms with Gasteiger partial charge in [-0.3, -0.25) is 14.3 Å². The van der Waals surface area contributed by atoms with Gasteiger partial charge in [-0.1, -0.05) is 24.9 Å². The van der Waals surface area contributed by atoms with Crippen LogP contribution in [0.3, 0.4) is 0 Å². The van der Waals surface area contributed by atoms with Crippen LogP contribution in [0.25, 0.3) is 10.9 Å². The van der Waals surface area contributed by atoms with Crippen LogP contribution in [0.1, 0.15) is 45.0 Å². The molecule has 0 unspecified atom stereocenters. The summed E-state index contributed by atoms with van der Waals surface area (Å²) in [6.07, 6.45) is 3.16. The minimum atomic E-state index is -0.0232. The maximum Gasteiger partial charge on any atom is 0.261 e. The van der Waals surface area contributed by atoms with Crippen molar-refractivity contribution in [1.29, 1.82) is 0 Å². The molecule has 1 aromatic carbocycles. The summed E-state index contributed by atoms with van der Waals surface area (Å²) in [6, 6.07) is 6.05. The number of hydrogen-bond donors (Lipinski definition) is 1. The molecule has 5 nitrogen and oxygen atoms in total. The van der Waals surface area contributed by atoms with Crippen LogP contribution >= 0.6 is 11.6 Å². The lowest BCUT2D eigenvalue weighted by Crippen LogP contribution is -2.36. The SMILES string of the molecule is CCC[C@H](c1nc2ccc(Cl)cc2c(=O)n1C)N1CCN[C@H](C)CC1. The molecule has 0 aliphatic carbocycles. The molecule has 136 valence electrons. The number of aromatic nitrogens is 2. The monoisotopic (exact) mass is 362 g/mol. The zero-order valence-electron chi connectivity index (χ0n) is 15.3. The first-order valence-electron chi connectivity index (χ1n) is 9.15. The number of fused-ring (bicyclic) bond motifs is 1. The van der Waals surface area contributed by atoms with Gasteiger partial charge in [0.05, 0.1) is 16.9 Å². The molecule has 2 heterocycles. The number of rotatable bonds is 4. The highest BCUT2D eigenvalue weighted by Gasteiger charge is 2.26. The van der Waals surface area contributed by atoms with Crippen molar-refractivity contribution in [3.63, 3.8) is 0 Å². The first kappa shape index (κ1) is 18.4. The summed E-state index contributed by atoms with van der Waals surface area (Å²) < 4.78 is 1.71. The van der Waals surface area contributed by atoms with Crippen LogP contribution in [0, 0.1) is 0 Å². The second kappa shape index (κ2) is 7.85. The van der Waals surface area contributed by atoms with Gasteiger partial charge in [0, 0.05) is 37.7 Å². The molecule has 0 bridgehead atoms. The molecular formula is C19H27ClN4O. The van der Waals surface area contributed by atoms with E-state index in [1.54, 1.807) is 16.7 Å². The average molecular weight is 363 g/mol. The molecule has 1 aromatic heterocycles. The quantitative estimate of drug-likeness (QED) is 0.907. The fourth-order valence-corrected chi connectivity index (χ4v) is 3.82. The van der Waals surface area contributed by atoms with E-state index in [-0.39, 0.29) is 11.6 Å². The maximum atomic E-state index is 12.8. The number of nitrogens with one attached hydrogen (secondary N) is 1. The Morgan fingerprint density at radius 2 is 2.20 bits per heavy atom. The summed E-state index contributed by atoms with van der Waals surface area (Å²) in [4.78, 5) is 20.2. The highest BCUT2D eigenvalue weighted by atomic mass is 35.5. The van der Waals surface area contributed by atoms with Gasteiger partial charge in [0.2, 0.25) is 0 Å². The van der Waals surface area contributed by atoms with Crippen LogP contribution < -0.4 is 10.9 Å². The standard InChI is InChI=1S/C19H27ClN4O/c1-4-5-17(24-10-8-13(2)21-9-11-24)18-22-16-7-6-14(20)12-15(16)19(25)23(18)3/h6-7,12-13,17,21H,4-5,8-11H2,1-3H3/t13-,17-/m1/s1. The molecule has 2 aromatic rings. The Balaban J connectivity index is 2.05. The van der Waals surface area contributed by atoms with Gasteiger partial charge in [0.15, 0.2) is 0 Å². The summed E-state index contributed by atoms with van der Waals surface area (Å²) in [5.74, 6) is 0.858. The van der Waals surface area contributed by atoms with E-state index >= 15 is 0 Å². The third-order valence-corrected chi connectivity index (χ3v) is 5.35. The lowest BCUT2D eigenvalue weighted by atomic mass is 10.1. The van der Waals surface area contributed by atoms with E-state index in [9.17, 15) is 4.79 Å². The largest absolute Gasteiger partial charge is 0.313 e. The Labute approximate surface area is 154 Å². The van der Waals surface area contributed by atoms with Gasteiger partial charge in [-0.05, 0) is 38.0 Å². The van der Waals surface area contributed by atoms with Crippen molar-refractivity contribution in [1.82, 2.24) is 19.8 Å². The number of halogens is 1. The number of nitrogens with zero attached hydrogens (tertiary/aromatic N) is 3. The summed E-state index contributed by atoms with van der Waals surface area (Å²) in [5, 5.41) is 4.69. The lowest BCUT2D eigenvalue weighted by Gasteiger charge is -2.31. The van der Waals surface area contributed by atoms with Crippen molar-refractivity contribution in [3.8, 4) is 0 Å². The topological polar surface area (TPSA) is 50.2 Å². The third-order valence-electron chi connectivity index (χ3n) is 5.11. The van der Waals surface area contributed by atoms with Crippen molar-refractivity contribution in [2.45, 2.75) is 45.2 Å². The van der Waals surface area contributed by atoms with E-state index in [1.165, 1.54) is 0 Å². The van der Waals surface area contributed by atoms with E-state index in [2.05, 4.69) is 24.1 Å². The summed E-state index contributed by atoms with van der Waals surface area (Å²) in [5.41, 5.74) is 0.704. The summed E-state index contributed by atoms with van der Waals surface area (Å²) in [7, 11) is 1.83. The Hall–Kier alpha value is -1.43. The number of hydrogen-bond acceptors (Lipinski definition) is 4. The van der Waals surface area contributed by atoms with E-state index in [0.717, 1.165) is 50.2 Å². The third kappa shape index (κ3) is 3.89. The van der Waals surface area contributed by atoms with Gasteiger partial charge >= 0.3 is 0 Å². The first-order valence-corrected chi connectivity index (χ1v) is 9.52. The molecule has 1 saturated heterocycles. The second-order valence-electron chi connectivity index (χ2n) is 6.98. The molecule has 0 amide bonds. The lowest BCUT2D eigenvalue weighted by molar-refractivity contribution is 0.186. The van der Waals surface area contributed by atoms with Crippen LogP contribution in [-0.4, -0.2) is 40.1 Å². The number of benzene rings is 1. The Morgan fingerprint density at radius 1 is 1.40 bits per heavy atom. The molecule has 2 atom stereocenters. The maximum absolute atomic E-state index is 12.8. The van der Waals surface area contributed by atoms with Crippen molar-refractivity contribution < 1.29 is 0 Å². The molecule has 3 rings (SSSR count). The van der Waals surface area contributed by atoms with Gasteiger partial charge in [-0.15, -0.1) is 0 Å². The van der Waals surface area contributed by atoms with E-state index < -0.39 is 0 Å². The molecule has 1 N–H and O–H groups in total. The molecule has 1 aliphatic heterocycles. The minimum Gasteiger partial charge on any atom is -0.313 e. The van der Waals surface area contributed by atoms with Crippen molar-refractivity contribution in [2.75, 3.05) is 19.6 Å². The summed E-state index contributed by atoms with van der Waals surface area (Å²) >= 11 is 6.06. The fraction of sp³-hybridized carbons (Fsp3) is 0.579. The van der Waals surface area contributed by atoms with Crippen LogP contribution in [-0.2, 0) is 7.05 Å². The van der Waals surface area contributed by atoms with Crippen LogP contribution in [0.2, 0.25) is 5.02 Å². The predicted octanol–water partition coefficient (Wildman–Crippen LogP) is 3.11. The highest BCUT2D eigenvalue weighted by Crippen LogP contribution is 2.26. The van der Waals surface area contributed by atoms with Crippen LogP contribution in [0.4, 0.5) is 0 Å². The molecule has 6 heteroatoms. The Bertz CT molecular complexity index is 804. The van der Waals surface area contributed by atoms with Gasteiger partial charge in [0.1, 0.15) is 5.82 Å². The first-order chi connectivity index (χ1) is 12.0. The molecule has 1 aliphatic rings. The van der Waals surface area contributed by atoms with Crippen molar-refractivity contribution in [2.24, 2.45) is 7.05 Å². The normalized spacial score (nSPS) is 20.6. The van der Waals surface area contributed by atoms with Gasteiger partial charge in [-0.25, -0.2) is 4.98 Å². The van der Waals surface area contributed by atoms with Crippen LogP contribution in [0.5, 0.6) is 0 Å². The van der Waals surface area contributed by atoms with Gasteiger partial charge in [-0.2, -0.15) is 0 Å². The predicted molar refractivity (Wildman–Crippen MR) is 103 cm³/mol. The molecule has 0 spiro atoms. The minimum absolute atomic E-state index is 0.0232. The van der Waals surface area contributed by atoms with E-state index in [4.69, 9.17) is 16.6 Å². The van der Waals surface area contributed by atoms with E-state index in [1.807, 2.05) is 13.1 Å². The zero-order chi connectivity index (χ0) is 18.0. The molecule has 0 radical (unpaired) electrons. The smallest absolute Gasteiger partial charge is 0.261 e. The van der Waals surface area contributed by atoms with Crippen LogP contribution in [0.15, 0.2) is 23.0 Å². The van der Waals surface area contributed by atoms with E-state index in [0.29, 0.717) is 16.5 Å². The average Bonchev–Trinajstić information content (AvgIpc) is 2.81. The van der Waals surface area contributed by atoms with Crippen molar-refractivity contribution >= 4 is 22.5 Å². The van der Waals surface area contributed by atoms with Crippen molar-refractivity contribution in [3.05, 3.63) is 39.4 Å². The fourth-order valence-electron chi connectivity index (χ4n) is 3.65. The Morgan fingerprint density at radius 3 is 2.96 bits per heavy atom. The molecule has 25 heavy (non-hydrogen) atoms. The second-order valence-corrected chi connectivity index (χ2v) is 7.42. The highest BCUT2D eigenvalue weighted by molar-refractivity contribution is 6.31. The summed E-state index contributed by atoms with van der Waals surface area (Å²) in [6.45, 7) is 7.38. The molecule has 0 saturated carbocycles. The van der Waals surface area contributed by atoms with Gasteiger partial charge in [0.25, 0.3) is 5.56 Å². The zero-order valence-corrected chi connectivity index (χ0v) is 16.0. The molecule has 1 fully saturated rings. The molecular weight excluding hydrogens is 336 g/mol. The Kier molecular flexibility index (Phi) is 5.77.